The van der Waals surface area contributed by atoms with Crippen LogP contribution in [0.4, 0.5) is 0 Å². The van der Waals surface area contributed by atoms with E-state index in [2.05, 4.69) is 11.8 Å². The molecule has 0 spiro atoms. The van der Waals surface area contributed by atoms with Crippen LogP contribution in [0.2, 0.25) is 0 Å². The Morgan fingerprint density at radius 3 is 2.11 bits per heavy atom. The zero-order valence-corrected chi connectivity index (χ0v) is 11.8. The van der Waals surface area contributed by atoms with Gasteiger partial charge >= 0.3 is 0 Å². The van der Waals surface area contributed by atoms with Crippen molar-refractivity contribution in [1.29, 1.82) is 0 Å². The van der Waals surface area contributed by atoms with Crippen molar-refractivity contribution < 1.29 is 9.84 Å². The molecule has 0 aromatic heterocycles. The van der Waals surface area contributed by atoms with E-state index >= 15 is 0 Å². The van der Waals surface area contributed by atoms with Crippen LogP contribution in [0.5, 0.6) is 0 Å². The Balaban J connectivity index is 1.72. The fourth-order valence-electron chi connectivity index (χ4n) is 3.29. The molecule has 0 aromatic rings. The minimum absolute atomic E-state index is 0.144. The molecule has 18 heavy (non-hydrogen) atoms. The summed E-state index contributed by atoms with van der Waals surface area (Å²) in [5.74, 6) is 0.980. The predicted molar refractivity (Wildman–Crippen MR) is 73.7 cm³/mol. The third kappa shape index (κ3) is 4.22. The molecule has 0 atom stereocenters. The van der Waals surface area contributed by atoms with Gasteiger partial charge in [0, 0.05) is 18.6 Å². The van der Waals surface area contributed by atoms with E-state index < -0.39 is 0 Å². The van der Waals surface area contributed by atoms with Gasteiger partial charge in [0.05, 0.1) is 19.8 Å². The van der Waals surface area contributed by atoms with Crippen LogP contribution in [0, 0.1) is 5.92 Å². The first-order valence-corrected chi connectivity index (χ1v) is 7.79. The van der Waals surface area contributed by atoms with E-state index in [9.17, 15) is 0 Å². The smallest absolute Gasteiger partial charge is 0.0698 e. The Bertz CT molecular complexity index is 223. The maximum atomic E-state index is 8.72. The molecule has 0 unspecified atom stereocenters. The quantitative estimate of drug-likeness (QED) is 0.676. The van der Waals surface area contributed by atoms with Gasteiger partial charge in [0.2, 0.25) is 0 Å². The molecule has 2 aliphatic rings. The first-order valence-electron chi connectivity index (χ1n) is 7.79. The van der Waals surface area contributed by atoms with Gasteiger partial charge in [-0.25, -0.2) is 0 Å². The van der Waals surface area contributed by atoms with Crippen molar-refractivity contribution in [2.24, 2.45) is 5.92 Å². The Hall–Kier alpha value is -0.120. The molecule has 0 aliphatic heterocycles. The van der Waals surface area contributed by atoms with Crippen molar-refractivity contribution in [3.05, 3.63) is 0 Å². The summed E-state index contributed by atoms with van der Waals surface area (Å²) in [5, 5.41) is 8.72. The van der Waals surface area contributed by atoms with Gasteiger partial charge in [0.25, 0.3) is 0 Å². The van der Waals surface area contributed by atoms with Crippen molar-refractivity contribution in [1.82, 2.24) is 4.90 Å². The molecule has 2 rings (SSSR count). The molecule has 3 nitrogen and oxygen atoms in total. The lowest BCUT2D eigenvalue weighted by Gasteiger charge is -2.37. The van der Waals surface area contributed by atoms with Crippen LogP contribution in [-0.2, 0) is 4.74 Å². The lowest BCUT2D eigenvalue weighted by atomic mass is 9.84. The summed E-state index contributed by atoms with van der Waals surface area (Å²) in [7, 11) is 0. The monoisotopic (exact) mass is 255 g/mol. The first-order chi connectivity index (χ1) is 8.85. The summed E-state index contributed by atoms with van der Waals surface area (Å²) in [6.45, 7) is 4.80. The predicted octanol–water partition coefficient (Wildman–Crippen LogP) is 2.43. The standard InChI is InChI=1S/C15H29NO2/c1-2-13-3-5-14(6-4-13)16(15-7-8-15)9-11-18-12-10-17/h13-15,17H,2-12H2,1H3. The Morgan fingerprint density at radius 2 is 1.61 bits per heavy atom. The summed E-state index contributed by atoms with van der Waals surface area (Å²) in [4.78, 5) is 2.70. The van der Waals surface area contributed by atoms with E-state index in [0.717, 1.165) is 31.2 Å². The van der Waals surface area contributed by atoms with Crippen molar-refractivity contribution in [2.45, 2.75) is 64.0 Å². The number of hydrogen-bond donors (Lipinski definition) is 1. The van der Waals surface area contributed by atoms with Gasteiger partial charge in [-0.3, -0.25) is 4.90 Å². The van der Waals surface area contributed by atoms with Gasteiger partial charge in [0.1, 0.15) is 0 Å². The number of hydrogen-bond acceptors (Lipinski definition) is 3. The number of aliphatic hydroxyl groups excluding tert-OH is 1. The van der Waals surface area contributed by atoms with Crippen molar-refractivity contribution >= 4 is 0 Å². The minimum atomic E-state index is 0.144. The zero-order chi connectivity index (χ0) is 12.8. The highest BCUT2D eigenvalue weighted by Crippen LogP contribution is 2.35. The topological polar surface area (TPSA) is 32.7 Å². The largest absolute Gasteiger partial charge is 0.394 e. The van der Waals surface area contributed by atoms with Crippen molar-refractivity contribution in [3.8, 4) is 0 Å². The lowest BCUT2D eigenvalue weighted by molar-refractivity contribution is 0.0496. The molecular formula is C15H29NO2. The van der Waals surface area contributed by atoms with Crippen LogP contribution in [0.3, 0.4) is 0 Å². The molecule has 0 heterocycles. The average molecular weight is 255 g/mol. The maximum absolute atomic E-state index is 8.72. The Morgan fingerprint density at radius 1 is 1.00 bits per heavy atom. The van der Waals surface area contributed by atoms with Gasteiger partial charge in [-0.15, -0.1) is 0 Å². The van der Waals surface area contributed by atoms with E-state index in [-0.39, 0.29) is 6.61 Å². The van der Waals surface area contributed by atoms with Crippen LogP contribution < -0.4 is 0 Å². The molecule has 2 fully saturated rings. The van der Waals surface area contributed by atoms with Crippen LogP contribution in [0.1, 0.15) is 51.9 Å². The molecule has 0 amide bonds. The number of aliphatic hydroxyl groups is 1. The summed E-state index contributed by atoms with van der Waals surface area (Å²) < 4.78 is 5.43. The third-order valence-electron chi connectivity index (χ3n) is 4.61. The third-order valence-corrected chi connectivity index (χ3v) is 4.61. The van der Waals surface area contributed by atoms with E-state index in [1.165, 1.54) is 44.9 Å². The number of ether oxygens (including phenoxy) is 1. The molecular weight excluding hydrogens is 226 g/mol. The molecule has 0 saturated heterocycles. The highest BCUT2D eigenvalue weighted by atomic mass is 16.5. The normalized spacial score (nSPS) is 28.8. The van der Waals surface area contributed by atoms with Crippen LogP contribution >= 0.6 is 0 Å². The second-order valence-corrected chi connectivity index (χ2v) is 5.89. The fraction of sp³-hybridized carbons (Fsp3) is 1.00. The molecule has 106 valence electrons. The van der Waals surface area contributed by atoms with Gasteiger partial charge in [0.15, 0.2) is 0 Å². The molecule has 1 N–H and O–H groups in total. The molecule has 3 heteroatoms. The van der Waals surface area contributed by atoms with Gasteiger partial charge in [-0.05, 0) is 44.4 Å². The van der Waals surface area contributed by atoms with Crippen molar-refractivity contribution in [2.75, 3.05) is 26.4 Å². The highest BCUT2D eigenvalue weighted by molar-refractivity contribution is 4.90. The lowest BCUT2D eigenvalue weighted by Crippen LogP contribution is -2.41. The Kier molecular flexibility index (Phi) is 5.93. The SMILES string of the molecule is CCC1CCC(N(CCOCCO)C2CC2)CC1. The minimum Gasteiger partial charge on any atom is -0.394 e. The first kappa shape index (κ1) is 14.3. The van der Waals surface area contributed by atoms with Crippen LogP contribution in [0.15, 0.2) is 0 Å². The van der Waals surface area contributed by atoms with E-state index in [1.54, 1.807) is 0 Å². The maximum Gasteiger partial charge on any atom is 0.0698 e. The summed E-state index contributed by atoms with van der Waals surface area (Å²) in [6, 6.07) is 1.64. The number of rotatable bonds is 8. The molecule has 0 aromatic carbocycles. The molecule has 2 saturated carbocycles. The fourth-order valence-corrected chi connectivity index (χ4v) is 3.29. The van der Waals surface area contributed by atoms with E-state index in [1.807, 2.05) is 0 Å². The van der Waals surface area contributed by atoms with E-state index in [4.69, 9.17) is 9.84 Å². The van der Waals surface area contributed by atoms with Gasteiger partial charge in [-0.2, -0.15) is 0 Å². The highest BCUT2D eigenvalue weighted by Gasteiger charge is 2.35. The van der Waals surface area contributed by atoms with Crippen molar-refractivity contribution in [3.63, 3.8) is 0 Å². The Labute approximate surface area is 112 Å². The number of nitrogens with zero attached hydrogens (tertiary/aromatic N) is 1. The summed E-state index contributed by atoms with van der Waals surface area (Å²) in [6.07, 6.45) is 9.73. The second-order valence-electron chi connectivity index (χ2n) is 5.89. The molecule has 0 bridgehead atoms. The average Bonchev–Trinajstić information content (AvgIpc) is 3.24. The summed E-state index contributed by atoms with van der Waals surface area (Å²) in [5.41, 5.74) is 0. The van der Waals surface area contributed by atoms with Gasteiger partial charge < -0.3 is 9.84 Å². The van der Waals surface area contributed by atoms with Crippen LogP contribution in [0.25, 0.3) is 0 Å². The zero-order valence-electron chi connectivity index (χ0n) is 11.8. The molecule has 2 aliphatic carbocycles. The molecule has 0 radical (unpaired) electrons. The second kappa shape index (κ2) is 7.46. The van der Waals surface area contributed by atoms with Gasteiger partial charge in [-0.1, -0.05) is 13.3 Å². The van der Waals surface area contributed by atoms with Crippen LogP contribution in [-0.4, -0.2) is 48.5 Å². The van der Waals surface area contributed by atoms with E-state index in [0.29, 0.717) is 6.61 Å². The summed E-state index contributed by atoms with van der Waals surface area (Å²) >= 11 is 0.